The van der Waals surface area contributed by atoms with E-state index in [1.54, 1.807) is 12.5 Å². The molecule has 0 fully saturated rings. The van der Waals surface area contributed by atoms with Gasteiger partial charge in [0.2, 0.25) is 0 Å². The minimum atomic E-state index is 0.820. The molecular formula is C16H16N2O. The molecule has 0 spiro atoms. The second-order valence-corrected chi connectivity index (χ2v) is 4.71. The third-order valence-corrected chi connectivity index (χ3v) is 3.13. The molecule has 0 saturated carbocycles. The molecule has 0 amide bonds. The molecule has 3 rings (SSSR count). The Kier molecular flexibility index (Phi) is 3.29. The number of fused-ring (bicyclic) bond motifs is 1. The first kappa shape index (κ1) is 11.9. The molecule has 1 aromatic carbocycles. The van der Waals surface area contributed by atoms with Crippen molar-refractivity contribution < 1.29 is 4.42 Å². The van der Waals surface area contributed by atoms with E-state index in [4.69, 9.17) is 4.42 Å². The van der Waals surface area contributed by atoms with Crippen molar-refractivity contribution in [3.63, 3.8) is 0 Å². The number of benzene rings is 1. The predicted molar refractivity (Wildman–Crippen MR) is 75.7 cm³/mol. The molecule has 0 saturated heterocycles. The van der Waals surface area contributed by atoms with Gasteiger partial charge in [0.1, 0.15) is 0 Å². The summed E-state index contributed by atoms with van der Waals surface area (Å²) in [6, 6.07) is 12.5. The molecule has 3 aromatic rings. The Hall–Kier alpha value is -2.13. The van der Waals surface area contributed by atoms with Crippen LogP contribution in [-0.4, -0.2) is 4.98 Å². The molecule has 0 bridgehead atoms. The van der Waals surface area contributed by atoms with E-state index in [2.05, 4.69) is 34.6 Å². The van der Waals surface area contributed by atoms with Crippen LogP contribution >= 0.6 is 0 Å². The molecular weight excluding hydrogens is 236 g/mol. The number of nitrogens with zero attached hydrogens (tertiary/aromatic N) is 1. The highest BCUT2D eigenvalue weighted by Crippen LogP contribution is 2.14. The molecule has 0 unspecified atom stereocenters. The van der Waals surface area contributed by atoms with Gasteiger partial charge in [0.05, 0.1) is 18.0 Å². The van der Waals surface area contributed by atoms with Gasteiger partial charge in [-0.1, -0.05) is 12.1 Å². The van der Waals surface area contributed by atoms with E-state index >= 15 is 0 Å². The summed E-state index contributed by atoms with van der Waals surface area (Å²) in [5, 5.41) is 4.59. The van der Waals surface area contributed by atoms with Gasteiger partial charge in [-0.3, -0.25) is 4.98 Å². The molecule has 0 aliphatic carbocycles. The van der Waals surface area contributed by atoms with Crippen molar-refractivity contribution >= 4 is 10.9 Å². The van der Waals surface area contributed by atoms with Crippen LogP contribution in [-0.2, 0) is 13.1 Å². The van der Waals surface area contributed by atoms with E-state index in [-0.39, 0.29) is 0 Å². The van der Waals surface area contributed by atoms with Crippen molar-refractivity contribution in [2.24, 2.45) is 0 Å². The summed E-state index contributed by atoms with van der Waals surface area (Å²) in [5.41, 5.74) is 4.54. The molecule has 0 radical (unpaired) electrons. The Bertz CT molecular complexity index is 674. The van der Waals surface area contributed by atoms with Gasteiger partial charge in [-0.2, -0.15) is 0 Å². The number of aryl methyl sites for hydroxylation is 1. The number of furan rings is 1. The van der Waals surface area contributed by atoms with E-state index in [1.807, 2.05) is 19.1 Å². The van der Waals surface area contributed by atoms with Crippen molar-refractivity contribution in [1.29, 1.82) is 0 Å². The highest BCUT2D eigenvalue weighted by molar-refractivity contribution is 5.79. The van der Waals surface area contributed by atoms with Crippen LogP contribution in [0.5, 0.6) is 0 Å². The van der Waals surface area contributed by atoms with Gasteiger partial charge in [-0.25, -0.2) is 0 Å². The van der Waals surface area contributed by atoms with Crippen molar-refractivity contribution in [3.8, 4) is 0 Å². The summed E-state index contributed by atoms with van der Waals surface area (Å²) in [6.07, 6.45) is 3.46. The molecule has 1 N–H and O–H groups in total. The zero-order valence-electron chi connectivity index (χ0n) is 10.9. The molecule has 96 valence electrons. The fourth-order valence-electron chi connectivity index (χ4n) is 2.13. The van der Waals surface area contributed by atoms with Gasteiger partial charge >= 0.3 is 0 Å². The second kappa shape index (κ2) is 5.24. The Balaban J connectivity index is 1.69. The summed E-state index contributed by atoms with van der Waals surface area (Å²) >= 11 is 0. The maximum atomic E-state index is 5.04. The van der Waals surface area contributed by atoms with Gasteiger partial charge in [0, 0.05) is 29.7 Å². The Morgan fingerprint density at radius 1 is 1.05 bits per heavy atom. The smallest absolute Gasteiger partial charge is 0.0947 e. The van der Waals surface area contributed by atoms with E-state index in [9.17, 15) is 0 Å². The standard InChI is InChI=1S/C16H16N2O/c1-12-2-4-15-8-13(3-5-16(15)18-12)9-17-10-14-6-7-19-11-14/h2-8,11,17H,9-10H2,1H3. The Morgan fingerprint density at radius 3 is 2.79 bits per heavy atom. The van der Waals surface area contributed by atoms with Crippen LogP contribution in [0.2, 0.25) is 0 Å². The van der Waals surface area contributed by atoms with Crippen LogP contribution < -0.4 is 5.32 Å². The first-order chi connectivity index (χ1) is 9.31. The number of nitrogens with one attached hydrogen (secondary N) is 1. The minimum absolute atomic E-state index is 0.820. The molecule has 3 nitrogen and oxygen atoms in total. The molecule has 3 heteroatoms. The quantitative estimate of drug-likeness (QED) is 0.773. The van der Waals surface area contributed by atoms with E-state index in [1.165, 1.54) is 10.9 Å². The van der Waals surface area contributed by atoms with Gasteiger partial charge in [0.25, 0.3) is 0 Å². The number of rotatable bonds is 4. The summed E-state index contributed by atoms with van der Waals surface area (Å²) in [7, 11) is 0. The zero-order chi connectivity index (χ0) is 13.1. The average Bonchev–Trinajstić information content (AvgIpc) is 2.92. The van der Waals surface area contributed by atoms with Crippen LogP contribution in [0, 0.1) is 6.92 Å². The minimum Gasteiger partial charge on any atom is -0.472 e. The topological polar surface area (TPSA) is 38.1 Å². The van der Waals surface area contributed by atoms with Crippen molar-refractivity contribution in [2.45, 2.75) is 20.0 Å². The third kappa shape index (κ3) is 2.83. The summed E-state index contributed by atoms with van der Waals surface area (Å²) in [5.74, 6) is 0. The van der Waals surface area contributed by atoms with Crippen LogP contribution in [0.15, 0.2) is 53.3 Å². The fraction of sp³-hybridized carbons (Fsp3) is 0.188. The molecule has 0 aliphatic rings. The maximum absolute atomic E-state index is 5.04. The third-order valence-electron chi connectivity index (χ3n) is 3.13. The number of pyridine rings is 1. The van der Waals surface area contributed by atoms with Crippen LogP contribution in [0.1, 0.15) is 16.8 Å². The summed E-state index contributed by atoms with van der Waals surface area (Å²) < 4.78 is 5.04. The largest absolute Gasteiger partial charge is 0.472 e. The van der Waals surface area contributed by atoms with E-state index < -0.39 is 0 Å². The second-order valence-electron chi connectivity index (χ2n) is 4.71. The fourth-order valence-corrected chi connectivity index (χ4v) is 2.13. The first-order valence-corrected chi connectivity index (χ1v) is 6.39. The van der Waals surface area contributed by atoms with Crippen LogP contribution in [0.25, 0.3) is 10.9 Å². The van der Waals surface area contributed by atoms with Gasteiger partial charge < -0.3 is 9.73 Å². The number of aromatic nitrogens is 1. The van der Waals surface area contributed by atoms with Crippen molar-refractivity contribution in [2.75, 3.05) is 0 Å². The first-order valence-electron chi connectivity index (χ1n) is 6.39. The Labute approximate surface area is 112 Å². The molecule has 0 atom stereocenters. The lowest BCUT2D eigenvalue weighted by molar-refractivity contribution is 0.560. The molecule has 2 heterocycles. The lowest BCUT2D eigenvalue weighted by Gasteiger charge is -2.05. The molecule has 0 aliphatic heterocycles. The zero-order valence-corrected chi connectivity index (χ0v) is 10.9. The highest BCUT2D eigenvalue weighted by atomic mass is 16.3. The lowest BCUT2D eigenvalue weighted by atomic mass is 10.1. The number of hydrogen-bond acceptors (Lipinski definition) is 3. The van der Waals surface area contributed by atoms with E-state index in [0.29, 0.717) is 0 Å². The SMILES string of the molecule is Cc1ccc2cc(CNCc3ccoc3)ccc2n1. The summed E-state index contributed by atoms with van der Waals surface area (Å²) in [4.78, 5) is 4.50. The highest BCUT2D eigenvalue weighted by Gasteiger charge is 1.99. The van der Waals surface area contributed by atoms with Crippen molar-refractivity contribution in [1.82, 2.24) is 10.3 Å². The van der Waals surface area contributed by atoms with E-state index in [0.717, 1.165) is 29.9 Å². The summed E-state index contributed by atoms with van der Waals surface area (Å²) in [6.45, 7) is 3.68. The monoisotopic (exact) mass is 252 g/mol. The molecule has 2 aromatic heterocycles. The van der Waals surface area contributed by atoms with Crippen LogP contribution in [0.3, 0.4) is 0 Å². The van der Waals surface area contributed by atoms with Crippen molar-refractivity contribution in [3.05, 3.63) is 65.7 Å². The molecule has 19 heavy (non-hydrogen) atoms. The van der Waals surface area contributed by atoms with Gasteiger partial charge in [-0.15, -0.1) is 0 Å². The van der Waals surface area contributed by atoms with Gasteiger partial charge in [-0.05, 0) is 36.8 Å². The average molecular weight is 252 g/mol. The normalized spacial score (nSPS) is 11.0. The van der Waals surface area contributed by atoms with Crippen LogP contribution in [0.4, 0.5) is 0 Å². The lowest BCUT2D eigenvalue weighted by Crippen LogP contribution is -2.12. The Morgan fingerprint density at radius 2 is 1.95 bits per heavy atom. The van der Waals surface area contributed by atoms with Gasteiger partial charge in [0.15, 0.2) is 0 Å². The predicted octanol–water partition coefficient (Wildman–Crippen LogP) is 3.43. The maximum Gasteiger partial charge on any atom is 0.0947 e. The number of hydrogen-bond donors (Lipinski definition) is 1.